The predicted molar refractivity (Wildman–Crippen MR) is 124 cm³/mol. The summed E-state index contributed by atoms with van der Waals surface area (Å²) in [5, 5.41) is 6.11. The molecular formula is C25H25N3O6. The standard InChI is InChI=1S/C25H25N3O6/c1-15-4-7-21(10-16(15)2)33-20-8-5-19(6-9-20)28-13-18(12-24(28)30)25(31)32-14-23(29)26-22-11-17(3)34-27-22/h4-11,18H,12-14H2,1-3H3,(H,26,27,29)/t18-/m0/s1. The summed E-state index contributed by atoms with van der Waals surface area (Å²) in [6.07, 6.45) is 0.0177. The van der Waals surface area contributed by atoms with E-state index in [1.165, 1.54) is 10.5 Å². The minimum absolute atomic E-state index is 0.0177. The number of aryl methyl sites for hydroxylation is 3. The fraction of sp³-hybridized carbons (Fsp3) is 0.280. The van der Waals surface area contributed by atoms with Gasteiger partial charge in [0.25, 0.3) is 5.91 Å². The maximum Gasteiger partial charge on any atom is 0.311 e. The molecule has 3 aromatic rings. The number of aromatic nitrogens is 1. The van der Waals surface area contributed by atoms with Gasteiger partial charge in [0, 0.05) is 24.7 Å². The van der Waals surface area contributed by atoms with Gasteiger partial charge in [0.05, 0.1) is 5.92 Å². The average Bonchev–Trinajstić information content (AvgIpc) is 3.40. The number of hydrogen-bond acceptors (Lipinski definition) is 7. The molecule has 9 nitrogen and oxygen atoms in total. The first-order valence-electron chi connectivity index (χ1n) is 10.8. The molecule has 2 amide bonds. The van der Waals surface area contributed by atoms with Crippen LogP contribution in [0, 0.1) is 26.7 Å². The molecule has 0 bridgehead atoms. The molecule has 1 aliphatic heterocycles. The van der Waals surface area contributed by atoms with Gasteiger partial charge in [-0.1, -0.05) is 11.2 Å². The molecule has 2 heterocycles. The Bertz CT molecular complexity index is 1220. The zero-order chi connectivity index (χ0) is 24.2. The van der Waals surface area contributed by atoms with Gasteiger partial charge < -0.3 is 24.2 Å². The van der Waals surface area contributed by atoms with Gasteiger partial charge in [-0.15, -0.1) is 0 Å². The molecule has 1 saturated heterocycles. The number of amides is 2. The van der Waals surface area contributed by atoms with Crippen LogP contribution in [0.3, 0.4) is 0 Å². The van der Waals surface area contributed by atoms with Crippen molar-refractivity contribution in [1.29, 1.82) is 0 Å². The van der Waals surface area contributed by atoms with E-state index in [1.54, 1.807) is 37.3 Å². The van der Waals surface area contributed by atoms with E-state index in [2.05, 4.69) is 10.5 Å². The lowest BCUT2D eigenvalue weighted by Crippen LogP contribution is -2.28. The molecule has 1 fully saturated rings. The molecule has 0 saturated carbocycles. The van der Waals surface area contributed by atoms with E-state index in [1.807, 2.05) is 32.0 Å². The fourth-order valence-electron chi connectivity index (χ4n) is 3.58. The molecule has 34 heavy (non-hydrogen) atoms. The molecule has 0 spiro atoms. The lowest BCUT2D eigenvalue weighted by molar-refractivity contribution is -0.151. The number of anilines is 2. The third-order valence-corrected chi connectivity index (χ3v) is 5.56. The van der Waals surface area contributed by atoms with Crippen LogP contribution in [0.25, 0.3) is 0 Å². The van der Waals surface area contributed by atoms with E-state index in [4.69, 9.17) is 14.0 Å². The molecule has 0 aliphatic carbocycles. The van der Waals surface area contributed by atoms with Gasteiger partial charge in [0.2, 0.25) is 5.91 Å². The molecule has 1 aliphatic rings. The molecular weight excluding hydrogens is 438 g/mol. The number of ether oxygens (including phenoxy) is 2. The van der Waals surface area contributed by atoms with Crippen LogP contribution in [-0.2, 0) is 19.1 Å². The summed E-state index contributed by atoms with van der Waals surface area (Å²) in [6, 6.07) is 14.5. The van der Waals surface area contributed by atoms with E-state index in [-0.39, 0.29) is 24.7 Å². The first-order valence-corrected chi connectivity index (χ1v) is 10.8. The van der Waals surface area contributed by atoms with Gasteiger partial charge in [-0.2, -0.15) is 0 Å². The minimum atomic E-state index is -0.652. The van der Waals surface area contributed by atoms with Crippen molar-refractivity contribution < 1.29 is 28.4 Å². The van der Waals surface area contributed by atoms with Gasteiger partial charge in [-0.25, -0.2) is 0 Å². The molecule has 0 radical (unpaired) electrons. The Morgan fingerprint density at radius 1 is 1.06 bits per heavy atom. The largest absolute Gasteiger partial charge is 0.457 e. The Hall–Kier alpha value is -4.14. The Morgan fingerprint density at radius 2 is 1.79 bits per heavy atom. The van der Waals surface area contributed by atoms with Crippen LogP contribution in [-0.4, -0.2) is 36.1 Å². The summed E-state index contributed by atoms with van der Waals surface area (Å²) >= 11 is 0. The Kier molecular flexibility index (Phi) is 6.62. The maximum atomic E-state index is 12.5. The van der Waals surface area contributed by atoms with Gasteiger partial charge in [-0.3, -0.25) is 14.4 Å². The number of nitrogens with zero attached hydrogens (tertiary/aromatic N) is 2. The monoisotopic (exact) mass is 463 g/mol. The van der Waals surface area contributed by atoms with E-state index in [9.17, 15) is 14.4 Å². The van der Waals surface area contributed by atoms with Crippen LogP contribution < -0.4 is 15.0 Å². The van der Waals surface area contributed by atoms with E-state index in [0.29, 0.717) is 17.2 Å². The van der Waals surface area contributed by atoms with Gasteiger partial charge in [-0.05, 0) is 68.3 Å². The van der Waals surface area contributed by atoms with Crippen LogP contribution in [0.4, 0.5) is 11.5 Å². The topological polar surface area (TPSA) is 111 Å². The summed E-state index contributed by atoms with van der Waals surface area (Å²) in [5.41, 5.74) is 2.99. The summed E-state index contributed by atoms with van der Waals surface area (Å²) in [4.78, 5) is 38.4. The van der Waals surface area contributed by atoms with Crippen LogP contribution in [0.15, 0.2) is 53.1 Å². The van der Waals surface area contributed by atoms with Crippen LogP contribution in [0.5, 0.6) is 11.5 Å². The molecule has 176 valence electrons. The first-order chi connectivity index (χ1) is 16.3. The number of carbonyl (C=O) groups excluding carboxylic acids is 3. The van der Waals surface area contributed by atoms with E-state index in [0.717, 1.165) is 11.3 Å². The van der Waals surface area contributed by atoms with E-state index < -0.39 is 24.4 Å². The average molecular weight is 463 g/mol. The third kappa shape index (κ3) is 5.43. The molecule has 9 heteroatoms. The quantitative estimate of drug-likeness (QED) is 0.529. The second kappa shape index (κ2) is 9.78. The highest BCUT2D eigenvalue weighted by Gasteiger charge is 2.36. The number of benzene rings is 2. The van der Waals surface area contributed by atoms with Crippen molar-refractivity contribution in [3.8, 4) is 11.5 Å². The van der Waals surface area contributed by atoms with Crippen LogP contribution >= 0.6 is 0 Å². The summed E-state index contributed by atoms with van der Waals surface area (Å²) in [7, 11) is 0. The van der Waals surface area contributed by atoms with Crippen molar-refractivity contribution in [2.45, 2.75) is 27.2 Å². The maximum absolute atomic E-state index is 12.5. The van der Waals surface area contributed by atoms with Crippen molar-refractivity contribution in [3.05, 3.63) is 65.4 Å². The third-order valence-electron chi connectivity index (χ3n) is 5.56. The predicted octanol–water partition coefficient (Wildman–Crippen LogP) is 3.93. The molecule has 1 atom stereocenters. The number of nitrogens with one attached hydrogen (secondary N) is 1. The first kappa shape index (κ1) is 23.0. The Morgan fingerprint density at radius 3 is 2.47 bits per heavy atom. The summed E-state index contributed by atoms with van der Waals surface area (Å²) in [5.74, 6) is 0.182. The minimum Gasteiger partial charge on any atom is -0.457 e. The van der Waals surface area contributed by atoms with Crippen LogP contribution in [0.2, 0.25) is 0 Å². The van der Waals surface area contributed by atoms with Crippen LogP contribution in [0.1, 0.15) is 23.3 Å². The van der Waals surface area contributed by atoms with Crippen molar-refractivity contribution >= 4 is 29.3 Å². The number of esters is 1. The highest BCUT2D eigenvalue weighted by molar-refractivity contribution is 6.00. The van der Waals surface area contributed by atoms with Crippen molar-refractivity contribution in [2.75, 3.05) is 23.4 Å². The molecule has 4 rings (SSSR count). The zero-order valence-electron chi connectivity index (χ0n) is 19.2. The Labute approximate surface area is 196 Å². The van der Waals surface area contributed by atoms with Gasteiger partial charge in [0.1, 0.15) is 17.3 Å². The number of hydrogen-bond donors (Lipinski definition) is 1. The highest BCUT2D eigenvalue weighted by Crippen LogP contribution is 2.29. The van der Waals surface area contributed by atoms with Gasteiger partial charge >= 0.3 is 5.97 Å². The molecule has 1 aromatic heterocycles. The Balaban J connectivity index is 1.30. The van der Waals surface area contributed by atoms with E-state index >= 15 is 0 Å². The fourth-order valence-corrected chi connectivity index (χ4v) is 3.58. The molecule has 1 N–H and O–H groups in total. The summed E-state index contributed by atoms with van der Waals surface area (Å²) in [6.45, 7) is 5.46. The lowest BCUT2D eigenvalue weighted by atomic mass is 10.1. The number of rotatable bonds is 7. The summed E-state index contributed by atoms with van der Waals surface area (Å²) < 4.78 is 15.8. The second-order valence-electron chi connectivity index (χ2n) is 8.23. The highest BCUT2D eigenvalue weighted by atomic mass is 16.5. The normalized spacial score (nSPS) is 15.3. The van der Waals surface area contributed by atoms with Crippen molar-refractivity contribution in [1.82, 2.24) is 5.16 Å². The van der Waals surface area contributed by atoms with Crippen molar-refractivity contribution in [2.24, 2.45) is 5.92 Å². The number of carbonyl (C=O) groups is 3. The smallest absolute Gasteiger partial charge is 0.311 e. The lowest BCUT2D eigenvalue weighted by Gasteiger charge is -2.17. The zero-order valence-corrected chi connectivity index (χ0v) is 19.2. The van der Waals surface area contributed by atoms with Crippen molar-refractivity contribution in [3.63, 3.8) is 0 Å². The van der Waals surface area contributed by atoms with Gasteiger partial charge in [0.15, 0.2) is 12.4 Å². The molecule has 0 unspecified atom stereocenters. The molecule has 2 aromatic carbocycles. The second-order valence-corrected chi connectivity index (χ2v) is 8.23. The SMILES string of the molecule is Cc1cc(NC(=O)COC(=O)[C@H]2CC(=O)N(c3ccc(Oc4ccc(C)c(C)c4)cc3)C2)no1.